The number of benzene rings is 1. The second kappa shape index (κ2) is 29.8. The molecule has 8 atom stereocenters. The second-order valence-electron chi connectivity index (χ2n) is 18.5. The van der Waals surface area contributed by atoms with Gasteiger partial charge in [0.05, 0.1) is 25.3 Å². The molecule has 406 valence electrons. The van der Waals surface area contributed by atoms with Gasteiger partial charge in [-0.05, 0) is 61.7 Å². The topological polar surface area (TPSA) is 433 Å². The Morgan fingerprint density at radius 1 is 0.649 bits per heavy atom. The van der Waals surface area contributed by atoms with E-state index in [-0.39, 0.29) is 44.4 Å². The van der Waals surface area contributed by atoms with Gasteiger partial charge in [0.2, 0.25) is 65.0 Å². The summed E-state index contributed by atoms with van der Waals surface area (Å²) in [6.07, 6.45) is 5.28. The molecule has 1 aromatic carbocycles. The molecule has 18 N–H and O–H groups in total. The fraction of sp³-hybridized carbons (Fsp3) is 0.532. The van der Waals surface area contributed by atoms with Crippen molar-refractivity contribution in [2.75, 3.05) is 18.6 Å². The van der Waals surface area contributed by atoms with Crippen molar-refractivity contribution in [3.8, 4) is 0 Å². The number of para-hydroxylation sites is 1. The Balaban J connectivity index is 1.75. The zero-order chi connectivity index (χ0) is 55.2. The second-order valence-corrected chi connectivity index (χ2v) is 19.5. The number of carbonyl (C=O) groups is 11. The largest absolute Gasteiger partial charge is 0.370 e. The molecule has 0 spiro atoms. The van der Waals surface area contributed by atoms with Gasteiger partial charge in [-0.1, -0.05) is 45.9 Å². The number of aromatic amines is 2. The number of fused-ring (bicyclic) bond motifs is 1. The molecule has 0 aliphatic carbocycles. The number of nitrogens with two attached hydrogens (primary N) is 4. The van der Waals surface area contributed by atoms with Gasteiger partial charge in [-0.25, -0.2) is 4.98 Å². The number of hydrogen-bond donors (Lipinski definition) is 14. The van der Waals surface area contributed by atoms with Crippen LogP contribution in [0.4, 0.5) is 0 Å². The number of amides is 11. The first-order valence-corrected chi connectivity index (χ1v) is 25.3. The lowest BCUT2D eigenvalue weighted by molar-refractivity contribution is -0.135. The van der Waals surface area contributed by atoms with Crippen molar-refractivity contribution in [2.24, 2.45) is 34.8 Å². The lowest BCUT2D eigenvalue weighted by atomic mass is 10.0. The van der Waals surface area contributed by atoms with Crippen molar-refractivity contribution in [3.63, 3.8) is 0 Å². The molecule has 27 heteroatoms. The van der Waals surface area contributed by atoms with Crippen LogP contribution in [0, 0.1) is 11.8 Å². The number of rotatable bonds is 32. The standard InChI is InChI=1S/C47H71N15O11S/c1-23(2)15-33(45(71)58-31(40(51)66)13-14-74-6)60-46(72)35(17-27-20-52-22-55-27)57-38(65)21-54-47(73)39(24(3)4)62-41(67)25(5)56-44(70)34(16-26-19-53-30-10-8-7-9-28(26)30)61-43(69)32(11-12-36(49)63)59-42(68)29(48)18-37(50)64/h7-10,19-20,22-25,29,31-35,39,53H,11-18,21,48H2,1-6H3,(H2,49,63)(H2,50,64)(H2,51,66)(H,52,55)(H,54,73)(H,56,70)(H,57,65)(H,58,71)(H,59,68)(H,60,72)(H,61,69)(H,62,67)/t25-,29-,31+,32-,33-,34-,35-,39-/m0/s1. The molecular weight excluding hydrogens is 983 g/mol. The Bertz CT molecular complexity index is 2450. The highest BCUT2D eigenvalue weighted by Crippen LogP contribution is 2.20. The van der Waals surface area contributed by atoms with Gasteiger partial charge in [0.1, 0.15) is 42.3 Å². The highest BCUT2D eigenvalue weighted by molar-refractivity contribution is 7.98. The fourth-order valence-corrected chi connectivity index (χ4v) is 7.93. The van der Waals surface area contributed by atoms with E-state index in [4.69, 9.17) is 22.9 Å². The maximum absolute atomic E-state index is 14.1. The summed E-state index contributed by atoms with van der Waals surface area (Å²) in [5, 5.41) is 21.2. The van der Waals surface area contributed by atoms with Gasteiger partial charge in [-0.3, -0.25) is 52.7 Å². The summed E-state index contributed by atoms with van der Waals surface area (Å²) in [6.45, 7) is 7.59. The minimum atomic E-state index is -1.46. The molecule has 0 saturated heterocycles. The van der Waals surface area contributed by atoms with E-state index in [2.05, 4.69) is 57.5 Å². The van der Waals surface area contributed by atoms with E-state index < -0.39 is 132 Å². The van der Waals surface area contributed by atoms with Crippen LogP contribution in [0.1, 0.15) is 78.0 Å². The van der Waals surface area contributed by atoms with Crippen molar-refractivity contribution in [2.45, 2.75) is 128 Å². The molecule has 11 amide bonds. The number of primary amides is 3. The van der Waals surface area contributed by atoms with Gasteiger partial charge in [-0.15, -0.1) is 0 Å². The first kappa shape index (κ1) is 60.8. The zero-order valence-electron chi connectivity index (χ0n) is 42.3. The zero-order valence-corrected chi connectivity index (χ0v) is 43.2. The Morgan fingerprint density at radius 3 is 1.86 bits per heavy atom. The molecule has 0 saturated carbocycles. The smallest absolute Gasteiger partial charge is 0.243 e. The van der Waals surface area contributed by atoms with E-state index in [0.29, 0.717) is 22.4 Å². The van der Waals surface area contributed by atoms with Gasteiger partial charge in [0.15, 0.2) is 0 Å². The lowest BCUT2D eigenvalue weighted by Crippen LogP contribution is -2.59. The van der Waals surface area contributed by atoms with Gasteiger partial charge >= 0.3 is 0 Å². The van der Waals surface area contributed by atoms with Crippen molar-refractivity contribution in [1.82, 2.24) is 57.5 Å². The van der Waals surface area contributed by atoms with Crippen LogP contribution in [0.5, 0.6) is 0 Å². The Morgan fingerprint density at radius 2 is 1.26 bits per heavy atom. The van der Waals surface area contributed by atoms with Crippen LogP contribution < -0.4 is 65.5 Å². The summed E-state index contributed by atoms with van der Waals surface area (Å²) < 4.78 is 0. The SMILES string of the molecule is CSCC[C@@H](NC(=O)[C@H](CC(C)C)NC(=O)[C@H](Cc1cnc[nH]1)NC(=O)CNC(=O)[C@@H](NC(=O)[C@H](C)NC(=O)[C@H](Cc1c[nH]c2ccccc12)NC(=O)[C@H](CCC(N)=O)NC(=O)[C@@H](N)CC(N)=O)C(C)C)C(N)=O. The van der Waals surface area contributed by atoms with Crippen molar-refractivity contribution >= 4 is 87.6 Å². The van der Waals surface area contributed by atoms with E-state index in [9.17, 15) is 52.7 Å². The predicted molar refractivity (Wildman–Crippen MR) is 273 cm³/mol. The molecule has 0 bridgehead atoms. The molecule has 26 nitrogen and oxygen atoms in total. The number of nitrogens with one attached hydrogen (secondary N) is 10. The summed E-state index contributed by atoms with van der Waals surface area (Å²) >= 11 is 1.46. The molecular formula is C47H71N15O11S. The van der Waals surface area contributed by atoms with Crippen LogP contribution in [0.15, 0.2) is 43.0 Å². The number of thioether (sulfide) groups is 1. The summed E-state index contributed by atoms with van der Waals surface area (Å²) in [5.41, 5.74) is 23.6. The normalized spacial score (nSPS) is 14.4. The van der Waals surface area contributed by atoms with Gasteiger partial charge in [0.25, 0.3) is 0 Å². The molecule has 0 fully saturated rings. The van der Waals surface area contributed by atoms with Crippen LogP contribution in [0.2, 0.25) is 0 Å². The molecule has 0 radical (unpaired) electrons. The summed E-state index contributed by atoms with van der Waals surface area (Å²) in [7, 11) is 0. The molecule has 3 rings (SSSR count). The Kier molecular flexibility index (Phi) is 24.5. The van der Waals surface area contributed by atoms with E-state index in [1.165, 1.54) is 31.2 Å². The summed E-state index contributed by atoms with van der Waals surface area (Å²) in [5.74, 6) is -9.06. The van der Waals surface area contributed by atoms with Crippen LogP contribution in [-0.4, -0.2) is 147 Å². The average molecular weight is 1050 g/mol. The van der Waals surface area contributed by atoms with Crippen LogP contribution in [0.25, 0.3) is 10.9 Å². The van der Waals surface area contributed by atoms with Gasteiger partial charge in [-0.2, -0.15) is 11.8 Å². The first-order chi connectivity index (χ1) is 34.9. The molecule has 2 aromatic heterocycles. The maximum atomic E-state index is 14.1. The Labute approximate surface area is 432 Å². The lowest BCUT2D eigenvalue weighted by Gasteiger charge is -2.27. The van der Waals surface area contributed by atoms with E-state index in [1.54, 1.807) is 44.3 Å². The highest BCUT2D eigenvalue weighted by atomic mass is 32.2. The number of hydrogen-bond acceptors (Lipinski definition) is 14. The Hall–Kier alpha value is -7.55. The third-order valence-electron chi connectivity index (χ3n) is 11.5. The van der Waals surface area contributed by atoms with E-state index in [1.807, 2.05) is 20.1 Å². The fourth-order valence-electron chi connectivity index (χ4n) is 7.46. The molecule has 74 heavy (non-hydrogen) atoms. The quantitative estimate of drug-likeness (QED) is 0.0290. The molecule has 2 heterocycles. The number of nitrogens with zero attached hydrogens (tertiary/aromatic N) is 1. The number of aromatic nitrogens is 3. The van der Waals surface area contributed by atoms with Crippen molar-refractivity contribution in [1.29, 1.82) is 0 Å². The molecule has 0 aliphatic heterocycles. The van der Waals surface area contributed by atoms with Crippen molar-refractivity contribution in [3.05, 3.63) is 54.2 Å². The maximum Gasteiger partial charge on any atom is 0.243 e. The average Bonchev–Trinajstić information content (AvgIpc) is 4.01. The van der Waals surface area contributed by atoms with E-state index in [0.717, 1.165) is 5.52 Å². The van der Waals surface area contributed by atoms with Crippen molar-refractivity contribution < 1.29 is 52.7 Å². The van der Waals surface area contributed by atoms with Crippen LogP contribution >= 0.6 is 11.8 Å². The van der Waals surface area contributed by atoms with Gasteiger partial charge in [0, 0.05) is 48.3 Å². The third-order valence-corrected chi connectivity index (χ3v) is 12.1. The van der Waals surface area contributed by atoms with Crippen LogP contribution in [0.3, 0.4) is 0 Å². The molecule has 0 aliphatic rings. The summed E-state index contributed by atoms with van der Waals surface area (Å²) in [6, 6.07) is -3.14. The number of H-pyrrole nitrogens is 2. The van der Waals surface area contributed by atoms with Crippen LogP contribution in [-0.2, 0) is 65.6 Å². The molecule has 3 aromatic rings. The minimum Gasteiger partial charge on any atom is -0.370 e. The van der Waals surface area contributed by atoms with Gasteiger partial charge < -0.3 is 75.4 Å². The molecule has 0 unspecified atom stereocenters. The third kappa shape index (κ3) is 20.2. The monoisotopic (exact) mass is 1050 g/mol. The van der Waals surface area contributed by atoms with E-state index >= 15 is 0 Å². The minimum absolute atomic E-state index is 0.0837. The summed E-state index contributed by atoms with van der Waals surface area (Å²) in [4.78, 5) is 154. The predicted octanol–water partition coefficient (Wildman–Crippen LogP) is -3.39. The number of imidazole rings is 1. The highest BCUT2D eigenvalue weighted by Gasteiger charge is 2.34. The first-order valence-electron chi connectivity index (χ1n) is 23.9. The number of carbonyl (C=O) groups excluding carboxylic acids is 11.